The fourth-order valence-corrected chi connectivity index (χ4v) is 1.09. The maximum absolute atomic E-state index is 10.7. The number of carbonyl (C=O) groups is 1. The van der Waals surface area contributed by atoms with Crippen LogP contribution in [-0.2, 0) is 10.2 Å². The molecule has 4 N–H and O–H groups in total. The lowest BCUT2D eigenvalue weighted by Crippen LogP contribution is -2.46. The molecule has 72 valence electrons. The number of aliphatic carboxylic acids is 1. The minimum Gasteiger partial charge on any atom is -0.480 e. The number of hydrogen-bond donors (Lipinski definition) is 3. The smallest absolute Gasteiger partial charge is 0.321 e. The summed E-state index contributed by atoms with van der Waals surface area (Å²) in [6, 6.07) is -0.926. The molecular formula is C8H13N3O2. The molecule has 0 amide bonds. The standard InChI is InChI=1S/C8H13N3O2/c1-8(2,6(9)7(12)13)5-3-10-11-4-5/h3-4,6H,9H2,1-2H3,(H,10,11)(H,12,13). The Kier molecular flexibility index (Phi) is 2.38. The van der Waals surface area contributed by atoms with E-state index in [0.717, 1.165) is 5.56 Å². The molecule has 13 heavy (non-hydrogen) atoms. The van der Waals surface area contributed by atoms with Gasteiger partial charge in [0.25, 0.3) is 0 Å². The summed E-state index contributed by atoms with van der Waals surface area (Å²) >= 11 is 0. The van der Waals surface area contributed by atoms with Crippen LogP contribution in [0.2, 0.25) is 0 Å². The van der Waals surface area contributed by atoms with E-state index in [1.165, 1.54) is 0 Å². The second kappa shape index (κ2) is 3.18. The van der Waals surface area contributed by atoms with E-state index >= 15 is 0 Å². The molecule has 0 saturated heterocycles. The van der Waals surface area contributed by atoms with Crippen molar-refractivity contribution in [2.45, 2.75) is 25.3 Å². The van der Waals surface area contributed by atoms with Crippen molar-refractivity contribution in [1.82, 2.24) is 10.2 Å². The van der Waals surface area contributed by atoms with Crippen LogP contribution in [0.4, 0.5) is 0 Å². The SMILES string of the molecule is CC(C)(c1cn[nH]c1)C(N)C(=O)O. The second-order valence-electron chi connectivity index (χ2n) is 3.52. The lowest BCUT2D eigenvalue weighted by Gasteiger charge is -2.27. The lowest BCUT2D eigenvalue weighted by atomic mass is 9.80. The fourth-order valence-electron chi connectivity index (χ4n) is 1.09. The Morgan fingerprint density at radius 3 is 2.77 bits per heavy atom. The molecule has 0 fully saturated rings. The summed E-state index contributed by atoms with van der Waals surface area (Å²) in [6.07, 6.45) is 3.24. The van der Waals surface area contributed by atoms with Crippen molar-refractivity contribution in [2.24, 2.45) is 5.73 Å². The minimum atomic E-state index is -1.01. The van der Waals surface area contributed by atoms with Crippen LogP contribution in [0.1, 0.15) is 19.4 Å². The molecule has 1 unspecified atom stereocenters. The first kappa shape index (κ1) is 9.73. The summed E-state index contributed by atoms with van der Waals surface area (Å²) in [4.78, 5) is 10.7. The molecule has 5 heteroatoms. The number of H-pyrrole nitrogens is 1. The zero-order chi connectivity index (χ0) is 10.1. The molecule has 0 saturated carbocycles. The first-order valence-corrected chi connectivity index (χ1v) is 3.94. The molecule has 1 rings (SSSR count). The fraction of sp³-hybridized carbons (Fsp3) is 0.500. The van der Waals surface area contributed by atoms with E-state index in [1.807, 2.05) is 0 Å². The van der Waals surface area contributed by atoms with E-state index in [0.29, 0.717) is 0 Å². The molecule has 1 aromatic rings. The second-order valence-corrected chi connectivity index (χ2v) is 3.52. The Labute approximate surface area is 75.9 Å². The Hall–Kier alpha value is -1.36. The summed E-state index contributed by atoms with van der Waals surface area (Å²) in [6.45, 7) is 3.55. The van der Waals surface area contributed by atoms with Gasteiger partial charge in [0.15, 0.2) is 0 Å². The number of nitrogens with one attached hydrogen (secondary N) is 1. The van der Waals surface area contributed by atoms with Gasteiger partial charge in [-0.2, -0.15) is 5.10 Å². The summed E-state index contributed by atoms with van der Waals surface area (Å²) in [5.41, 5.74) is 5.73. The van der Waals surface area contributed by atoms with Crippen LogP contribution in [0, 0.1) is 0 Å². The average molecular weight is 183 g/mol. The Morgan fingerprint density at radius 2 is 2.38 bits per heavy atom. The maximum atomic E-state index is 10.7. The predicted molar refractivity (Wildman–Crippen MR) is 47.2 cm³/mol. The van der Waals surface area contributed by atoms with Gasteiger partial charge in [-0.05, 0) is 5.56 Å². The van der Waals surface area contributed by atoms with E-state index in [9.17, 15) is 4.79 Å². The molecule has 5 nitrogen and oxygen atoms in total. The Bertz CT molecular complexity index is 292. The molecule has 0 aliphatic rings. The van der Waals surface area contributed by atoms with Crippen LogP contribution in [-0.4, -0.2) is 27.3 Å². The lowest BCUT2D eigenvalue weighted by molar-refractivity contribution is -0.140. The predicted octanol–water partition coefficient (Wildman–Crippen LogP) is 0.0992. The third-order valence-corrected chi connectivity index (χ3v) is 2.29. The number of hydrogen-bond acceptors (Lipinski definition) is 3. The van der Waals surface area contributed by atoms with Crippen molar-refractivity contribution in [3.8, 4) is 0 Å². The van der Waals surface area contributed by atoms with Crippen LogP contribution >= 0.6 is 0 Å². The van der Waals surface area contributed by atoms with Gasteiger partial charge < -0.3 is 10.8 Å². The van der Waals surface area contributed by atoms with Gasteiger partial charge in [-0.25, -0.2) is 0 Å². The first-order valence-electron chi connectivity index (χ1n) is 3.94. The molecule has 1 heterocycles. The summed E-state index contributed by atoms with van der Waals surface area (Å²) in [7, 11) is 0. The van der Waals surface area contributed by atoms with Gasteiger partial charge in [-0.3, -0.25) is 9.89 Å². The van der Waals surface area contributed by atoms with Gasteiger partial charge in [0.05, 0.1) is 6.20 Å². The van der Waals surface area contributed by atoms with Gasteiger partial charge >= 0.3 is 5.97 Å². The Balaban J connectivity index is 2.95. The van der Waals surface area contributed by atoms with E-state index in [-0.39, 0.29) is 0 Å². The van der Waals surface area contributed by atoms with Crippen LogP contribution < -0.4 is 5.73 Å². The minimum absolute atomic E-state index is 0.612. The number of nitrogens with two attached hydrogens (primary N) is 1. The van der Waals surface area contributed by atoms with Crippen molar-refractivity contribution >= 4 is 5.97 Å². The molecule has 0 radical (unpaired) electrons. The average Bonchev–Trinajstić information content (AvgIpc) is 2.54. The maximum Gasteiger partial charge on any atom is 0.321 e. The van der Waals surface area contributed by atoms with Gasteiger partial charge in [0.2, 0.25) is 0 Å². The molecule has 0 spiro atoms. The van der Waals surface area contributed by atoms with Gasteiger partial charge in [0, 0.05) is 11.6 Å². The largest absolute Gasteiger partial charge is 0.480 e. The molecular weight excluding hydrogens is 170 g/mol. The van der Waals surface area contributed by atoms with E-state index < -0.39 is 17.4 Å². The number of rotatable bonds is 3. The highest BCUT2D eigenvalue weighted by Crippen LogP contribution is 2.24. The zero-order valence-corrected chi connectivity index (χ0v) is 7.61. The highest BCUT2D eigenvalue weighted by Gasteiger charge is 2.34. The number of aromatic amines is 1. The van der Waals surface area contributed by atoms with Gasteiger partial charge in [-0.1, -0.05) is 13.8 Å². The van der Waals surface area contributed by atoms with Gasteiger partial charge in [0.1, 0.15) is 6.04 Å². The highest BCUT2D eigenvalue weighted by molar-refractivity contribution is 5.75. The highest BCUT2D eigenvalue weighted by atomic mass is 16.4. The van der Waals surface area contributed by atoms with E-state index in [1.54, 1.807) is 26.2 Å². The molecule has 0 aromatic carbocycles. The van der Waals surface area contributed by atoms with Crippen molar-refractivity contribution in [1.29, 1.82) is 0 Å². The zero-order valence-electron chi connectivity index (χ0n) is 7.61. The quantitative estimate of drug-likeness (QED) is 0.619. The van der Waals surface area contributed by atoms with Crippen molar-refractivity contribution < 1.29 is 9.90 Å². The normalized spacial score (nSPS) is 14.1. The van der Waals surface area contributed by atoms with Crippen molar-refractivity contribution in [3.63, 3.8) is 0 Å². The topological polar surface area (TPSA) is 92.0 Å². The summed E-state index contributed by atoms with van der Waals surface area (Å²) in [5, 5.41) is 15.1. The van der Waals surface area contributed by atoms with Crippen LogP contribution in [0.5, 0.6) is 0 Å². The Morgan fingerprint density at radius 1 is 1.77 bits per heavy atom. The summed E-state index contributed by atoms with van der Waals surface area (Å²) < 4.78 is 0. The third kappa shape index (κ3) is 1.70. The molecule has 0 aliphatic heterocycles. The molecule has 0 bridgehead atoms. The monoisotopic (exact) mass is 183 g/mol. The first-order chi connectivity index (χ1) is 5.96. The number of carboxylic acids is 1. The van der Waals surface area contributed by atoms with Crippen LogP contribution in [0.25, 0.3) is 0 Å². The number of aromatic nitrogens is 2. The number of carboxylic acid groups (broad SMARTS) is 1. The van der Waals surface area contributed by atoms with E-state index in [4.69, 9.17) is 10.8 Å². The summed E-state index contributed by atoms with van der Waals surface area (Å²) in [5.74, 6) is -1.01. The van der Waals surface area contributed by atoms with Crippen LogP contribution in [0.3, 0.4) is 0 Å². The number of nitrogens with zero attached hydrogens (tertiary/aromatic N) is 1. The van der Waals surface area contributed by atoms with Crippen molar-refractivity contribution in [2.75, 3.05) is 0 Å². The third-order valence-electron chi connectivity index (χ3n) is 2.29. The van der Waals surface area contributed by atoms with Gasteiger partial charge in [-0.15, -0.1) is 0 Å². The van der Waals surface area contributed by atoms with Crippen LogP contribution in [0.15, 0.2) is 12.4 Å². The van der Waals surface area contributed by atoms with E-state index in [2.05, 4.69) is 10.2 Å². The molecule has 1 aromatic heterocycles. The van der Waals surface area contributed by atoms with Crippen molar-refractivity contribution in [3.05, 3.63) is 18.0 Å². The molecule has 1 atom stereocenters. The molecule has 0 aliphatic carbocycles.